The molecular formula is C18H16N2O3. The maximum Gasteiger partial charge on any atom is 0.240 e. The first-order valence-electron chi connectivity index (χ1n) is 7.62. The Balaban J connectivity index is 1.54. The van der Waals surface area contributed by atoms with Crippen LogP contribution in [0.2, 0.25) is 0 Å². The summed E-state index contributed by atoms with van der Waals surface area (Å²) in [6, 6.07) is 13.9. The van der Waals surface area contributed by atoms with Crippen LogP contribution in [-0.2, 0) is 4.74 Å². The molecule has 0 radical (unpaired) electrons. The molecule has 1 fully saturated rings. The molecule has 0 unspecified atom stereocenters. The van der Waals surface area contributed by atoms with Crippen molar-refractivity contribution in [3.05, 3.63) is 71.8 Å². The van der Waals surface area contributed by atoms with Crippen molar-refractivity contribution in [2.24, 2.45) is 0 Å². The third-order valence-electron chi connectivity index (χ3n) is 3.93. The Hall–Kier alpha value is -2.66. The van der Waals surface area contributed by atoms with Crippen LogP contribution in [0.25, 0.3) is 12.2 Å². The molecule has 1 aliphatic heterocycles. The predicted molar refractivity (Wildman–Crippen MR) is 84.4 cm³/mol. The Morgan fingerprint density at radius 1 is 1.00 bits per heavy atom. The normalized spacial score (nSPS) is 21.2. The van der Waals surface area contributed by atoms with Crippen molar-refractivity contribution in [2.45, 2.75) is 18.4 Å². The number of hydrogen-bond acceptors (Lipinski definition) is 5. The molecule has 116 valence electrons. The van der Waals surface area contributed by atoms with Crippen molar-refractivity contribution in [2.75, 3.05) is 6.61 Å². The third-order valence-corrected chi connectivity index (χ3v) is 3.93. The molecule has 0 bridgehead atoms. The van der Waals surface area contributed by atoms with E-state index >= 15 is 0 Å². The Morgan fingerprint density at radius 2 is 1.91 bits per heavy atom. The van der Waals surface area contributed by atoms with Crippen LogP contribution < -0.4 is 0 Å². The van der Waals surface area contributed by atoms with Crippen LogP contribution in [0.3, 0.4) is 0 Å². The van der Waals surface area contributed by atoms with E-state index in [0.29, 0.717) is 18.4 Å². The average molecular weight is 308 g/mol. The lowest BCUT2D eigenvalue weighted by Gasteiger charge is -2.15. The van der Waals surface area contributed by atoms with Gasteiger partial charge in [-0.3, -0.25) is 0 Å². The highest BCUT2D eigenvalue weighted by molar-refractivity contribution is 5.62. The van der Waals surface area contributed by atoms with Crippen molar-refractivity contribution in [1.82, 2.24) is 10.2 Å². The highest BCUT2D eigenvalue weighted by Crippen LogP contribution is 2.40. The lowest BCUT2D eigenvalue weighted by Crippen LogP contribution is -2.06. The van der Waals surface area contributed by atoms with Crippen molar-refractivity contribution < 1.29 is 13.6 Å². The number of rotatable bonds is 4. The van der Waals surface area contributed by atoms with Gasteiger partial charge in [0, 0.05) is 12.7 Å². The molecule has 1 aliphatic rings. The molecule has 4 rings (SSSR count). The minimum atomic E-state index is -0.0291. The molecule has 0 spiro atoms. The molecule has 0 N–H and O–H groups in total. The smallest absolute Gasteiger partial charge is 0.240 e. The van der Waals surface area contributed by atoms with Crippen LogP contribution >= 0.6 is 0 Å². The predicted octanol–water partition coefficient (Wildman–Crippen LogP) is 4.08. The van der Waals surface area contributed by atoms with Gasteiger partial charge in [0.1, 0.15) is 5.76 Å². The largest absolute Gasteiger partial charge is 0.465 e. The van der Waals surface area contributed by atoms with Crippen molar-refractivity contribution in [1.29, 1.82) is 0 Å². The molecular weight excluding hydrogens is 292 g/mol. The number of benzene rings is 1. The van der Waals surface area contributed by atoms with Gasteiger partial charge in [0.15, 0.2) is 0 Å². The monoisotopic (exact) mass is 308 g/mol. The Bertz CT molecular complexity index is 778. The lowest BCUT2D eigenvalue weighted by atomic mass is 9.95. The first-order valence-corrected chi connectivity index (χ1v) is 7.62. The summed E-state index contributed by atoms with van der Waals surface area (Å²) in [5.74, 6) is 1.93. The minimum Gasteiger partial charge on any atom is -0.465 e. The summed E-state index contributed by atoms with van der Waals surface area (Å²) in [6.07, 6.45) is 6.03. The van der Waals surface area contributed by atoms with E-state index in [0.717, 1.165) is 17.7 Å². The molecule has 0 aliphatic carbocycles. The van der Waals surface area contributed by atoms with Crippen molar-refractivity contribution >= 4 is 12.2 Å². The number of aromatic nitrogens is 2. The van der Waals surface area contributed by atoms with Gasteiger partial charge in [-0.2, -0.15) is 0 Å². The standard InChI is InChI=1S/C18H16N2O3/c1-2-5-13(6-3-1)17-15(10-12-22-17)18-20-19-16(23-18)9-8-14-7-4-11-21-14/h1-9,11,15,17H,10,12H2/b9-8+/t15-,17+/m0/s1. The molecule has 5 heteroatoms. The van der Waals surface area contributed by atoms with Crippen molar-refractivity contribution in [3.63, 3.8) is 0 Å². The van der Waals surface area contributed by atoms with E-state index in [1.165, 1.54) is 0 Å². The molecule has 3 heterocycles. The second-order valence-electron chi connectivity index (χ2n) is 5.42. The summed E-state index contributed by atoms with van der Waals surface area (Å²) in [4.78, 5) is 0. The molecule has 2 aromatic heterocycles. The Labute approximate surface area is 133 Å². The van der Waals surface area contributed by atoms with E-state index in [1.54, 1.807) is 18.4 Å². The minimum absolute atomic E-state index is 0.0291. The van der Waals surface area contributed by atoms with Crippen molar-refractivity contribution in [3.8, 4) is 0 Å². The van der Waals surface area contributed by atoms with Gasteiger partial charge < -0.3 is 13.6 Å². The van der Waals surface area contributed by atoms with Crippen LogP contribution in [0.1, 0.15) is 41.5 Å². The zero-order chi connectivity index (χ0) is 15.5. The quantitative estimate of drug-likeness (QED) is 0.727. The van der Waals surface area contributed by atoms with Crippen LogP contribution in [0.15, 0.2) is 57.6 Å². The van der Waals surface area contributed by atoms with Gasteiger partial charge in [-0.1, -0.05) is 30.3 Å². The van der Waals surface area contributed by atoms with Crippen LogP contribution in [0.5, 0.6) is 0 Å². The fourth-order valence-corrected chi connectivity index (χ4v) is 2.82. The zero-order valence-electron chi connectivity index (χ0n) is 12.5. The fourth-order valence-electron chi connectivity index (χ4n) is 2.82. The van der Waals surface area contributed by atoms with Gasteiger partial charge in [0.05, 0.1) is 18.3 Å². The number of hydrogen-bond donors (Lipinski definition) is 0. The first-order chi connectivity index (χ1) is 11.4. The molecule has 23 heavy (non-hydrogen) atoms. The number of ether oxygens (including phenoxy) is 1. The SMILES string of the molecule is C(=C\c1nnc([C@H]2CCO[C@@H]2c2ccccc2)o1)/c1ccco1. The number of furan rings is 1. The fraction of sp³-hybridized carbons (Fsp3) is 0.222. The first kappa shape index (κ1) is 14.0. The van der Waals surface area contributed by atoms with E-state index in [-0.39, 0.29) is 12.0 Å². The van der Waals surface area contributed by atoms with Crippen LogP contribution in [0.4, 0.5) is 0 Å². The average Bonchev–Trinajstić information content (AvgIpc) is 3.33. The summed E-state index contributed by atoms with van der Waals surface area (Å²) < 4.78 is 16.9. The molecule has 0 amide bonds. The van der Waals surface area contributed by atoms with Gasteiger partial charge in [-0.05, 0) is 30.2 Å². The number of nitrogens with zero attached hydrogens (tertiary/aromatic N) is 2. The zero-order valence-corrected chi connectivity index (χ0v) is 12.5. The van der Waals surface area contributed by atoms with Gasteiger partial charge in [0.25, 0.3) is 0 Å². The molecule has 0 saturated carbocycles. The molecule has 1 aromatic carbocycles. The molecule has 2 atom stereocenters. The van der Waals surface area contributed by atoms with E-state index in [1.807, 2.05) is 30.3 Å². The highest BCUT2D eigenvalue weighted by atomic mass is 16.5. The second kappa shape index (κ2) is 6.22. The summed E-state index contributed by atoms with van der Waals surface area (Å²) in [5.41, 5.74) is 1.14. The summed E-state index contributed by atoms with van der Waals surface area (Å²) >= 11 is 0. The Morgan fingerprint density at radius 3 is 2.74 bits per heavy atom. The van der Waals surface area contributed by atoms with Gasteiger partial charge in [-0.25, -0.2) is 0 Å². The molecule has 5 nitrogen and oxygen atoms in total. The van der Waals surface area contributed by atoms with E-state index in [2.05, 4.69) is 22.3 Å². The maximum atomic E-state index is 5.87. The lowest BCUT2D eigenvalue weighted by molar-refractivity contribution is 0.0998. The molecule has 1 saturated heterocycles. The van der Waals surface area contributed by atoms with Gasteiger partial charge >= 0.3 is 0 Å². The van der Waals surface area contributed by atoms with Gasteiger partial charge in [0.2, 0.25) is 11.8 Å². The molecule has 3 aromatic rings. The second-order valence-corrected chi connectivity index (χ2v) is 5.42. The van der Waals surface area contributed by atoms with E-state index in [9.17, 15) is 0 Å². The topological polar surface area (TPSA) is 61.3 Å². The van der Waals surface area contributed by atoms with E-state index in [4.69, 9.17) is 13.6 Å². The van der Waals surface area contributed by atoms with Gasteiger partial charge in [-0.15, -0.1) is 10.2 Å². The maximum absolute atomic E-state index is 5.87. The third kappa shape index (κ3) is 2.96. The van der Waals surface area contributed by atoms with Crippen LogP contribution in [-0.4, -0.2) is 16.8 Å². The highest BCUT2D eigenvalue weighted by Gasteiger charge is 2.34. The summed E-state index contributed by atoms with van der Waals surface area (Å²) in [6.45, 7) is 0.699. The summed E-state index contributed by atoms with van der Waals surface area (Å²) in [5, 5.41) is 8.28. The van der Waals surface area contributed by atoms with E-state index < -0.39 is 0 Å². The van der Waals surface area contributed by atoms with Crippen LogP contribution in [0, 0.1) is 0 Å². The Kier molecular flexibility index (Phi) is 3.78. The summed E-state index contributed by atoms with van der Waals surface area (Å²) in [7, 11) is 0.